The molecule has 1 rings (SSSR count). The Balaban J connectivity index is 2.96. The van der Waals surface area contributed by atoms with E-state index in [4.69, 9.17) is 16.9 Å². The highest BCUT2D eigenvalue weighted by atomic mass is 35.5. The van der Waals surface area contributed by atoms with Crippen molar-refractivity contribution in [2.75, 3.05) is 7.11 Å². The van der Waals surface area contributed by atoms with Crippen molar-refractivity contribution in [1.82, 2.24) is 4.98 Å². The van der Waals surface area contributed by atoms with Crippen LogP contribution in [0.25, 0.3) is 0 Å². The van der Waals surface area contributed by atoms with Gasteiger partial charge in [0.15, 0.2) is 0 Å². The molecule has 0 bridgehead atoms. The molecule has 0 aliphatic rings. The number of pyridine rings is 1. The van der Waals surface area contributed by atoms with Gasteiger partial charge in [-0.3, -0.25) is 4.79 Å². The van der Waals surface area contributed by atoms with Gasteiger partial charge in [0.1, 0.15) is 11.2 Å². The van der Waals surface area contributed by atoms with E-state index >= 15 is 0 Å². The number of esters is 1. The number of ether oxygens (including phenoxy) is 1. The molecule has 72 valence electrons. The SMILES string of the molecule is COC(=O)Cc1cc(C#N)cnc1Cl. The number of aromatic nitrogens is 1. The summed E-state index contributed by atoms with van der Waals surface area (Å²) in [4.78, 5) is 14.7. The molecule has 0 amide bonds. The average molecular weight is 211 g/mol. The first-order valence-corrected chi connectivity index (χ1v) is 4.16. The van der Waals surface area contributed by atoms with Crippen LogP contribution in [0.2, 0.25) is 5.15 Å². The van der Waals surface area contributed by atoms with Gasteiger partial charge in [-0.1, -0.05) is 11.6 Å². The third-order valence-corrected chi connectivity index (χ3v) is 1.94. The second-order valence-corrected chi connectivity index (χ2v) is 2.90. The highest BCUT2D eigenvalue weighted by Crippen LogP contribution is 2.14. The second kappa shape index (κ2) is 4.58. The molecule has 0 aliphatic carbocycles. The maximum Gasteiger partial charge on any atom is 0.310 e. The molecule has 0 spiro atoms. The van der Waals surface area contributed by atoms with E-state index in [1.165, 1.54) is 19.4 Å². The Hall–Kier alpha value is -1.60. The monoisotopic (exact) mass is 210 g/mol. The van der Waals surface area contributed by atoms with Crippen LogP contribution in [0.1, 0.15) is 11.1 Å². The molecule has 0 N–H and O–H groups in total. The minimum absolute atomic E-state index is 0.0256. The van der Waals surface area contributed by atoms with Gasteiger partial charge >= 0.3 is 5.97 Å². The Labute approximate surface area is 86.1 Å². The molecule has 0 saturated heterocycles. The van der Waals surface area contributed by atoms with Gasteiger partial charge in [-0.05, 0) is 6.07 Å². The van der Waals surface area contributed by atoms with Crippen LogP contribution in [0.3, 0.4) is 0 Å². The zero-order valence-electron chi connectivity index (χ0n) is 7.45. The predicted octanol–water partition coefficient (Wildman–Crippen LogP) is 1.32. The zero-order valence-corrected chi connectivity index (χ0v) is 8.21. The van der Waals surface area contributed by atoms with Gasteiger partial charge in [0.2, 0.25) is 0 Å². The van der Waals surface area contributed by atoms with Crippen molar-refractivity contribution in [3.8, 4) is 6.07 Å². The summed E-state index contributed by atoms with van der Waals surface area (Å²) >= 11 is 5.73. The third kappa shape index (κ3) is 2.44. The molecule has 0 unspecified atom stereocenters. The van der Waals surface area contributed by atoms with E-state index in [-0.39, 0.29) is 11.6 Å². The topological polar surface area (TPSA) is 63.0 Å². The van der Waals surface area contributed by atoms with Crippen LogP contribution in [0.15, 0.2) is 12.3 Å². The maximum absolute atomic E-state index is 10.9. The number of nitrogens with zero attached hydrogens (tertiary/aromatic N) is 2. The summed E-state index contributed by atoms with van der Waals surface area (Å²) in [6.45, 7) is 0. The number of carbonyl (C=O) groups excluding carboxylic acids is 1. The van der Waals surface area contributed by atoms with E-state index in [1.54, 1.807) is 0 Å². The zero-order chi connectivity index (χ0) is 10.6. The van der Waals surface area contributed by atoms with Crippen LogP contribution in [-0.4, -0.2) is 18.1 Å². The quantitative estimate of drug-likeness (QED) is 0.546. The van der Waals surface area contributed by atoms with Crippen molar-refractivity contribution >= 4 is 17.6 Å². The van der Waals surface area contributed by atoms with Crippen molar-refractivity contribution in [2.45, 2.75) is 6.42 Å². The Morgan fingerprint density at radius 3 is 3.07 bits per heavy atom. The third-order valence-electron chi connectivity index (χ3n) is 1.60. The largest absolute Gasteiger partial charge is 0.469 e. The van der Waals surface area contributed by atoms with Crippen molar-refractivity contribution < 1.29 is 9.53 Å². The Kier molecular flexibility index (Phi) is 3.43. The van der Waals surface area contributed by atoms with E-state index < -0.39 is 5.97 Å². The first kappa shape index (κ1) is 10.5. The molecular weight excluding hydrogens is 204 g/mol. The molecule has 1 aromatic rings. The second-order valence-electron chi connectivity index (χ2n) is 2.54. The average Bonchev–Trinajstić information content (AvgIpc) is 2.21. The molecule has 1 heterocycles. The van der Waals surface area contributed by atoms with Crippen LogP contribution in [0, 0.1) is 11.3 Å². The fourth-order valence-corrected chi connectivity index (χ4v) is 1.08. The molecule has 4 nitrogen and oxygen atoms in total. The fraction of sp³-hybridized carbons (Fsp3) is 0.222. The first-order chi connectivity index (χ1) is 6.67. The number of nitriles is 1. The van der Waals surface area contributed by atoms with Crippen molar-refractivity contribution in [3.05, 3.63) is 28.5 Å². The summed E-state index contributed by atoms with van der Waals surface area (Å²) in [5, 5.41) is 8.81. The summed E-state index contributed by atoms with van der Waals surface area (Å²) in [6.07, 6.45) is 1.38. The van der Waals surface area contributed by atoms with E-state index in [2.05, 4.69) is 9.72 Å². The first-order valence-electron chi connectivity index (χ1n) is 3.78. The summed E-state index contributed by atoms with van der Waals surface area (Å²) in [6, 6.07) is 3.43. The molecule has 0 radical (unpaired) electrons. The maximum atomic E-state index is 10.9. The number of hydrogen-bond donors (Lipinski definition) is 0. The summed E-state index contributed by atoms with van der Waals surface area (Å²) in [5.41, 5.74) is 0.867. The molecule has 0 atom stereocenters. The summed E-state index contributed by atoms with van der Waals surface area (Å²) < 4.78 is 4.47. The lowest BCUT2D eigenvalue weighted by atomic mass is 10.1. The molecule has 0 aliphatic heterocycles. The minimum Gasteiger partial charge on any atom is -0.469 e. The predicted molar refractivity (Wildman–Crippen MR) is 49.7 cm³/mol. The van der Waals surface area contributed by atoms with E-state index in [0.717, 1.165) is 0 Å². The highest BCUT2D eigenvalue weighted by Gasteiger charge is 2.08. The van der Waals surface area contributed by atoms with Gasteiger partial charge in [0.25, 0.3) is 0 Å². The Morgan fingerprint density at radius 2 is 2.50 bits per heavy atom. The fourth-order valence-electron chi connectivity index (χ4n) is 0.906. The highest BCUT2D eigenvalue weighted by molar-refractivity contribution is 6.30. The van der Waals surface area contributed by atoms with Gasteiger partial charge in [0, 0.05) is 11.8 Å². The molecule has 0 saturated carbocycles. The lowest BCUT2D eigenvalue weighted by Gasteiger charge is -2.01. The number of rotatable bonds is 2. The Bertz CT molecular complexity index is 398. The summed E-state index contributed by atoms with van der Waals surface area (Å²) in [7, 11) is 1.29. The number of halogens is 1. The van der Waals surface area contributed by atoms with Crippen LogP contribution in [0.4, 0.5) is 0 Å². The van der Waals surface area contributed by atoms with Gasteiger partial charge in [-0.2, -0.15) is 5.26 Å². The molecule has 14 heavy (non-hydrogen) atoms. The van der Waals surface area contributed by atoms with Gasteiger partial charge < -0.3 is 4.74 Å². The molecular formula is C9H7ClN2O2. The van der Waals surface area contributed by atoms with Gasteiger partial charge in [-0.15, -0.1) is 0 Å². The van der Waals surface area contributed by atoms with E-state index in [1.807, 2.05) is 6.07 Å². The summed E-state index contributed by atoms with van der Waals surface area (Å²) in [5.74, 6) is -0.413. The van der Waals surface area contributed by atoms with Crippen LogP contribution >= 0.6 is 11.6 Å². The van der Waals surface area contributed by atoms with Crippen LogP contribution < -0.4 is 0 Å². The van der Waals surface area contributed by atoms with E-state index in [0.29, 0.717) is 11.1 Å². The van der Waals surface area contributed by atoms with Gasteiger partial charge in [-0.25, -0.2) is 4.98 Å². The minimum atomic E-state index is -0.413. The van der Waals surface area contributed by atoms with Crippen LogP contribution in [0.5, 0.6) is 0 Å². The van der Waals surface area contributed by atoms with E-state index in [9.17, 15) is 4.79 Å². The number of hydrogen-bond acceptors (Lipinski definition) is 4. The number of carbonyl (C=O) groups is 1. The van der Waals surface area contributed by atoms with Crippen LogP contribution in [-0.2, 0) is 16.0 Å². The van der Waals surface area contributed by atoms with Crippen molar-refractivity contribution in [1.29, 1.82) is 5.26 Å². The molecule has 0 aromatic carbocycles. The molecule has 0 fully saturated rings. The lowest BCUT2D eigenvalue weighted by Crippen LogP contribution is -2.05. The normalized spacial score (nSPS) is 9.21. The smallest absolute Gasteiger partial charge is 0.310 e. The Morgan fingerprint density at radius 1 is 1.79 bits per heavy atom. The van der Waals surface area contributed by atoms with Crippen molar-refractivity contribution in [2.24, 2.45) is 0 Å². The molecule has 1 aromatic heterocycles. The lowest BCUT2D eigenvalue weighted by molar-refractivity contribution is -0.139. The molecule has 5 heteroatoms. The van der Waals surface area contributed by atoms with Crippen molar-refractivity contribution in [3.63, 3.8) is 0 Å². The number of methoxy groups -OCH3 is 1. The standard InChI is InChI=1S/C9H7ClN2O2/c1-14-8(13)3-7-2-6(4-11)5-12-9(7)10/h2,5H,3H2,1H3. The van der Waals surface area contributed by atoms with Gasteiger partial charge in [0.05, 0.1) is 19.1 Å².